The third kappa shape index (κ3) is 3.22. The number of nitrogens with zero attached hydrogens (tertiary/aromatic N) is 2. The summed E-state index contributed by atoms with van der Waals surface area (Å²) in [4.78, 5) is 12.3. The van der Waals surface area contributed by atoms with Crippen LogP contribution in [0.25, 0.3) is 0 Å². The number of aliphatic hydroxyl groups excluding tert-OH is 1. The Hall–Kier alpha value is -2.34. The molecule has 0 fully saturated rings. The van der Waals surface area contributed by atoms with Crippen LogP contribution in [0.15, 0.2) is 24.3 Å². The number of hydrogen-bond donors (Lipinski definition) is 3. The van der Waals surface area contributed by atoms with E-state index < -0.39 is 0 Å². The maximum Gasteiger partial charge on any atom is 0.276 e. The zero-order chi connectivity index (χ0) is 15.4. The number of aromatic nitrogens is 2. The Labute approximate surface area is 123 Å². The molecular weight excluding hydrogens is 268 g/mol. The topological polar surface area (TPSA) is 93.2 Å². The van der Waals surface area contributed by atoms with Crippen LogP contribution in [-0.2, 0) is 13.0 Å². The van der Waals surface area contributed by atoms with Crippen molar-refractivity contribution in [1.29, 1.82) is 0 Å². The van der Waals surface area contributed by atoms with Crippen molar-refractivity contribution in [1.82, 2.24) is 9.78 Å². The summed E-state index contributed by atoms with van der Waals surface area (Å²) in [7, 11) is 0. The first-order valence-corrected chi connectivity index (χ1v) is 6.90. The van der Waals surface area contributed by atoms with E-state index in [0.717, 1.165) is 5.56 Å². The Morgan fingerprint density at radius 2 is 2.05 bits per heavy atom. The number of anilines is 2. The van der Waals surface area contributed by atoms with Gasteiger partial charge in [-0.25, -0.2) is 0 Å². The lowest BCUT2D eigenvalue weighted by atomic mass is 10.1. The minimum atomic E-state index is -0.273. The fraction of sp³-hybridized carbons (Fsp3) is 0.333. The highest BCUT2D eigenvalue weighted by molar-refractivity contribution is 6.06. The van der Waals surface area contributed by atoms with E-state index in [9.17, 15) is 4.79 Å². The Kier molecular flexibility index (Phi) is 4.59. The van der Waals surface area contributed by atoms with Crippen molar-refractivity contribution in [3.8, 4) is 0 Å². The number of carbonyl (C=O) groups excluding carboxylic acids is 1. The second-order valence-corrected chi connectivity index (χ2v) is 4.79. The first-order valence-electron chi connectivity index (χ1n) is 6.90. The molecule has 0 bridgehead atoms. The fourth-order valence-corrected chi connectivity index (χ4v) is 2.14. The molecule has 0 unspecified atom stereocenters. The Bertz CT molecular complexity index is 632. The van der Waals surface area contributed by atoms with E-state index in [4.69, 9.17) is 10.8 Å². The molecule has 0 aliphatic rings. The number of aliphatic hydroxyl groups is 1. The van der Waals surface area contributed by atoms with Crippen LogP contribution in [0.2, 0.25) is 0 Å². The van der Waals surface area contributed by atoms with Crippen LogP contribution in [0.4, 0.5) is 11.4 Å². The number of rotatable bonds is 5. The third-order valence-corrected chi connectivity index (χ3v) is 3.30. The van der Waals surface area contributed by atoms with Crippen LogP contribution in [0.5, 0.6) is 0 Å². The van der Waals surface area contributed by atoms with Gasteiger partial charge in [-0.3, -0.25) is 9.48 Å². The van der Waals surface area contributed by atoms with Crippen molar-refractivity contribution >= 4 is 17.3 Å². The van der Waals surface area contributed by atoms with Crippen LogP contribution >= 0.6 is 0 Å². The average molecular weight is 288 g/mol. The Morgan fingerprint density at radius 3 is 2.62 bits per heavy atom. The largest absolute Gasteiger partial charge is 0.396 e. The number of benzene rings is 1. The molecule has 0 aliphatic heterocycles. The molecule has 21 heavy (non-hydrogen) atoms. The van der Waals surface area contributed by atoms with Gasteiger partial charge < -0.3 is 16.2 Å². The maximum absolute atomic E-state index is 12.3. The summed E-state index contributed by atoms with van der Waals surface area (Å²) in [6.07, 6.45) is 0.600. The first kappa shape index (κ1) is 15.1. The summed E-state index contributed by atoms with van der Waals surface area (Å²) in [5.74, 6) is -0.273. The highest BCUT2D eigenvalue weighted by atomic mass is 16.3. The zero-order valence-corrected chi connectivity index (χ0v) is 12.3. The average Bonchev–Trinajstić information content (AvgIpc) is 2.76. The Balaban J connectivity index is 2.18. The monoisotopic (exact) mass is 288 g/mol. The van der Waals surface area contributed by atoms with E-state index in [1.54, 1.807) is 23.7 Å². The lowest BCUT2D eigenvalue weighted by Gasteiger charge is -2.08. The number of carbonyl (C=O) groups is 1. The van der Waals surface area contributed by atoms with Gasteiger partial charge in [0.2, 0.25) is 0 Å². The van der Waals surface area contributed by atoms with Crippen LogP contribution in [0.3, 0.4) is 0 Å². The van der Waals surface area contributed by atoms with Crippen LogP contribution in [0.1, 0.15) is 28.7 Å². The van der Waals surface area contributed by atoms with Gasteiger partial charge in [-0.2, -0.15) is 5.10 Å². The molecule has 0 aliphatic carbocycles. The van der Waals surface area contributed by atoms with Gasteiger partial charge >= 0.3 is 0 Å². The molecule has 0 saturated carbocycles. The number of hydrogen-bond acceptors (Lipinski definition) is 4. The van der Waals surface area contributed by atoms with E-state index in [1.807, 2.05) is 19.1 Å². The van der Waals surface area contributed by atoms with E-state index in [0.29, 0.717) is 35.7 Å². The molecule has 112 valence electrons. The summed E-state index contributed by atoms with van der Waals surface area (Å²) in [6, 6.07) is 7.35. The third-order valence-electron chi connectivity index (χ3n) is 3.30. The molecule has 2 aromatic rings. The molecule has 0 spiro atoms. The molecule has 0 atom stereocenters. The highest BCUT2D eigenvalue weighted by Gasteiger charge is 2.19. The van der Waals surface area contributed by atoms with E-state index in [2.05, 4.69) is 10.4 Å². The number of nitrogen functional groups attached to an aromatic ring is 1. The zero-order valence-electron chi connectivity index (χ0n) is 12.3. The Morgan fingerprint density at radius 1 is 1.38 bits per heavy atom. The van der Waals surface area contributed by atoms with Crippen LogP contribution < -0.4 is 11.1 Å². The van der Waals surface area contributed by atoms with Gasteiger partial charge in [0.25, 0.3) is 5.91 Å². The lowest BCUT2D eigenvalue weighted by Crippen LogP contribution is -2.18. The number of nitrogens with one attached hydrogen (secondary N) is 1. The molecule has 2 rings (SSSR count). The van der Waals surface area contributed by atoms with Gasteiger partial charge in [-0.05, 0) is 38.0 Å². The van der Waals surface area contributed by atoms with Crippen LogP contribution in [0, 0.1) is 6.92 Å². The molecule has 0 radical (unpaired) electrons. The fourth-order valence-electron chi connectivity index (χ4n) is 2.14. The molecule has 0 saturated heterocycles. The predicted molar refractivity (Wildman–Crippen MR) is 82.2 cm³/mol. The van der Waals surface area contributed by atoms with Crippen molar-refractivity contribution < 1.29 is 9.90 Å². The van der Waals surface area contributed by atoms with E-state index in [-0.39, 0.29) is 12.5 Å². The summed E-state index contributed by atoms with van der Waals surface area (Å²) < 4.78 is 1.60. The number of nitrogens with two attached hydrogens (primary N) is 1. The van der Waals surface area contributed by atoms with Gasteiger partial charge in [0.15, 0.2) is 0 Å². The van der Waals surface area contributed by atoms with Gasteiger partial charge in [-0.1, -0.05) is 12.1 Å². The van der Waals surface area contributed by atoms with Gasteiger partial charge in [0.1, 0.15) is 5.69 Å². The molecule has 1 heterocycles. The molecule has 1 amide bonds. The smallest absolute Gasteiger partial charge is 0.276 e. The second-order valence-electron chi connectivity index (χ2n) is 4.79. The minimum Gasteiger partial charge on any atom is -0.396 e. The first-order chi connectivity index (χ1) is 10.1. The standard InChI is InChI=1S/C15H20N4O2/c1-3-19-14(13(16)10(2)18-19)15(21)17-12-6-4-11(5-7-12)8-9-20/h4-7,20H,3,8-9,16H2,1-2H3,(H,17,21). The highest BCUT2D eigenvalue weighted by Crippen LogP contribution is 2.18. The quantitative estimate of drug-likeness (QED) is 0.778. The second kappa shape index (κ2) is 6.41. The maximum atomic E-state index is 12.3. The summed E-state index contributed by atoms with van der Waals surface area (Å²) >= 11 is 0. The molecule has 6 nitrogen and oxygen atoms in total. The molecular formula is C15H20N4O2. The molecule has 1 aromatic heterocycles. The lowest BCUT2D eigenvalue weighted by molar-refractivity contribution is 0.101. The number of aryl methyl sites for hydroxylation is 2. The minimum absolute atomic E-state index is 0.108. The van der Waals surface area contributed by atoms with E-state index >= 15 is 0 Å². The normalized spacial score (nSPS) is 10.6. The van der Waals surface area contributed by atoms with Crippen molar-refractivity contribution in [2.45, 2.75) is 26.8 Å². The van der Waals surface area contributed by atoms with Gasteiger partial charge in [0, 0.05) is 18.8 Å². The molecule has 4 N–H and O–H groups in total. The summed E-state index contributed by atoms with van der Waals surface area (Å²) in [6.45, 7) is 4.38. The van der Waals surface area contributed by atoms with Gasteiger partial charge in [0.05, 0.1) is 11.4 Å². The van der Waals surface area contributed by atoms with E-state index in [1.165, 1.54) is 0 Å². The summed E-state index contributed by atoms with van der Waals surface area (Å²) in [5, 5.41) is 15.9. The number of amides is 1. The van der Waals surface area contributed by atoms with Crippen molar-refractivity contribution in [2.75, 3.05) is 17.7 Å². The SMILES string of the molecule is CCn1nc(C)c(N)c1C(=O)Nc1ccc(CCO)cc1. The van der Waals surface area contributed by atoms with Gasteiger partial charge in [-0.15, -0.1) is 0 Å². The molecule has 6 heteroatoms. The van der Waals surface area contributed by atoms with Crippen LogP contribution in [-0.4, -0.2) is 27.4 Å². The predicted octanol–water partition coefficient (Wildman–Crippen LogP) is 1.58. The van der Waals surface area contributed by atoms with Crippen molar-refractivity contribution in [3.05, 3.63) is 41.2 Å². The summed E-state index contributed by atoms with van der Waals surface area (Å²) in [5.41, 5.74) is 9.07. The van der Waals surface area contributed by atoms with Crippen molar-refractivity contribution in [2.24, 2.45) is 0 Å². The van der Waals surface area contributed by atoms with Crippen molar-refractivity contribution in [3.63, 3.8) is 0 Å². The molecule has 1 aromatic carbocycles.